The lowest BCUT2D eigenvalue weighted by molar-refractivity contribution is 0.106. The van der Waals surface area contributed by atoms with Gasteiger partial charge in [0.1, 0.15) is 24.2 Å². The van der Waals surface area contributed by atoms with Crippen molar-refractivity contribution >= 4 is 11.7 Å². The molecule has 6 rings (SSSR count). The summed E-state index contributed by atoms with van der Waals surface area (Å²) in [6.07, 6.45) is 9.02. The van der Waals surface area contributed by atoms with Crippen molar-refractivity contribution in [3.63, 3.8) is 0 Å². The number of methoxy groups -OCH3 is 1. The molecular formula is C40H54N4O6. The minimum Gasteiger partial charge on any atom is -0.508 e. The van der Waals surface area contributed by atoms with E-state index < -0.39 is 6.10 Å². The van der Waals surface area contributed by atoms with E-state index in [2.05, 4.69) is 47.0 Å². The molecule has 4 N–H and O–H groups in total. The third-order valence-corrected chi connectivity index (χ3v) is 10.4. The Bertz CT molecular complexity index is 1480. The summed E-state index contributed by atoms with van der Waals surface area (Å²) < 4.78 is 17.5. The normalized spacial score (nSPS) is 18.2. The second-order valence-corrected chi connectivity index (χ2v) is 14.0. The van der Waals surface area contributed by atoms with E-state index in [1.807, 2.05) is 15.9 Å². The highest BCUT2D eigenvalue weighted by atomic mass is 16.5. The van der Waals surface area contributed by atoms with Gasteiger partial charge in [-0.2, -0.15) is 0 Å². The highest BCUT2D eigenvalue weighted by Gasteiger charge is 2.30. The number of aliphatic hydroxyl groups excluding tert-OH is 1. The Morgan fingerprint density at radius 2 is 1.54 bits per heavy atom. The van der Waals surface area contributed by atoms with Crippen molar-refractivity contribution in [2.45, 2.75) is 82.0 Å². The molecule has 1 aliphatic carbocycles. The molecule has 2 saturated heterocycles. The molecule has 0 radical (unpaired) electrons. The molecule has 3 aliphatic rings. The Morgan fingerprint density at radius 1 is 0.860 bits per heavy atom. The topological polar surface area (TPSA) is 116 Å². The number of benzene rings is 3. The van der Waals surface area contributed by atoms with Crippen LogP contribution in [0.3, 0.4) is 0 Å². The van der Waals surface area contributed by atoms with Crippen LogP contribution >= 0.6 is 0 Å². The molecule has 10 nitrogen and oxygen atoms in total. The molecule has 0 spiro atoms. The van der Waals surface area contributed by atoms with Crippen molar-refractivity contribution in [3.8, 4) is 23.0 Å². The number of hydrogen-bond donors (Lipinski definition) is 4. The monoisotopic (exact) mass is 686 g/mol. The first-order valence-corrected chi connectivity index (χ1v) is 18.5. The van der Waals surface area contributed by atoms with E-state index in [-0.39, 0.29) is 24.5 Å². The summed E-state index contributed by atoms with van der Waals surface area (Å²) in [6.45, 7) is 4.49. The van der Waals surface area contributed by atoms with E-state index in [0.717, 1.165) is 94.9 Å². The maximum atomic E-state index is 13.4. The Morgan fingerprint density at radius 3 is 2.22 bits per heavy atom. The van der Waals surface area contributed by atoms with Gasteiger partial charge in [-0.15, -0.1) is 0 Å². The third kappa shape index (κ3) is 9.97. The number of hydrogen-bond acceptors (Lipinski definition) is 8. The Hall–Kier alpha value is -4.15. The van der Waals surface area contributed by atoms with Crippen LogP contribution in [-0.4, -0.2) is 97.3 Å². The molecule has 3 aromatic rings. The second-order valence-electron chi connectivity index (χ2n) is 14.0. The average Bonchev–Trinajstić information content (AvgIpc) is 3.67. The number of carbonyl (C=O) groups is 1. The van der Waals surface area contributed by atoms with Gasteiger partial charge in [-0.3, -0.25) is 0 Å². The summed E-state index contributed by atoms with van der Waals surface area (Å²) in [7, 11) is 1.70. The molecule has 0 aromatic heterocycles. The minimum absolute atomic E-state index is 0.178. The summed E-state index contributed by atoms with van der Waals surface area (Å²) in [5.74, 6) is 2.89. The lowest BCUT2D eigenvalue weighted by atomic mass is 9.89. The number of aliphatic hydroxyl groups is 1. The zero-order valence-corrected chi connectivity index (χ0v) is 29.4. The number of amides is 2. The van der Waals surface area contributed by atoms with Crippen molar-refractivity contribution in [1.82, 2.24) is 15.1 Å². The number of nitrogens with one attached hydrogen (secondary N) is 2. The predicted molar refractivity (Wildman–Crippen MR) is 196 cm³/mol. The fourth-order valence-electron chi connectivity index (χ4n) is 7.34. The molecule has 2 aliphatic heterocycles. The Kier molecular flexibility index (Phi) is 12.6. The molecule has 0 unspecified atom stereocenters. The van der Waals surface area contributed by atoms with Gasteiger partial charge < -0.3 is 44.9 Å². The number of likely N-dealkylation sites (tertiary alicyclic amines) is 2. The van der Waals surface area contributed by atoms with Gasteiger partial charge in [0, 0.05) is 44.5 Å². The van der Waals surface area contributed by atoms with E-state index >= 15 is 0 Å². The van der Waals surface area contributed by atoms with Crippen LogP contribution < -0.4 is 24.8 Å². The van der Waals surface area contributed by atoms with Crippen LogP contribution in [0.1, 0.15) is 68.4 Å². The van der Waals surface area contributed by atoms with Gasteiger partial charge in [-0.25, -0.2) is 4.79 Å². The number of ether oxygens (including phenoxy) is 3. The highest BCUT2D eigenvalue weighted by molar-refractivity contribution is 5.74. The molecular weight excluding hydrogens is 632 g/mol. The molecule has 3 aromatic carbocycles. The fraction of sp³-hybridized carbons (Fsp3) is 0.525. The van der Waals surface area contributed by atoms with Crippen molar-refractivity contribution in [2.24, 2.45) is 0 Å². The summed E-state index contributed by atoms with van der Waals surface area (Å²) in [4.78, 5) is 17.5. The van der Waals surface area contributed by atoms with Crippen LogP contribution in [0.15, 0.2) is 66.7 Å². The lowest BCUT2D eigenvalue weighted by Gasteiger charge is -2.39. The maximum absolute atomic E-state index is 13.4. The smallest absolute Gasteiger partial charge is 0.320 e. The summed E-state index contributed by atoms with van der Waals surface area (Å²) in [5.41, 5.74) is 3.62. The van der Waals surface area contributed by atoms with E-state index in [0.29, 0.717) is 24.3 Å². The van der Waals surface area contributed by atoms with Gasteiger partial charge in [0.15, 0.2) is 11.5 Å². The molecule has 50 heavy (non-hydrogen) atoms. The van der Waals surface area contributed by atoms with Crippen molar-refractivity contribution in [1.29, 1.82) is 0 Å². The number of rotatable bonds is 14. The van der Waals surface area contributed by atoms with E-state index in [9.17, 15) is 15.0 Å². The van der Waals surface area contributed by atoms with Crippen LogP contribution in [0.25, 0.3) is 0 Å². The number of anilines is 1. The summed E-state index contributed by atoms with van der Waals surface area (Å²) in [5, 5.41) is 26.5. The van der Waals surface area contributed by atoms with Crippen LogP contribution in [-0.2, 0) is 6.42 Å². The first-order chi connectivity index (χ1) is 24.4. The molecule has 1 saturated carbocycles. The van der Waals surface area contributed by atoms with Gasteiger partial charge in [0.2, 0.25) is 0 Å². The molecule has 270 valence electrons. The average molecular weight is 687 g/mol. The van der Waals surface area contributed by atoms with Gasteiger partial charge in [0.25, 0.3) is 0 Å². The number of piperidine rings is 2. The molecule has 2 amide bonds. The largest absolute Gasteiger partial charge is 0.508 e. The molecule has 10 heteroatoms. The van der Waals surface area contributed by atoms with Crippen molar-refractivity contribution in [2.75, 3.05) is 58.3 Å². The van der Waals surface area contributed by atoms with Crippen LogP contribution in [0.5, 0.6) is 23.0 Å². The minimum atomic E-state index is -0.621. The van der Waals surface area contributed by atoms with Gasteiger partial charge in [0.05, 0.1) is 13.2 Å². The first kappa shape index (κ1) is 35.7. The molecule has 2 heterocycles. The predicted octanol–water partition coefficient (Wildman–Crippen LogP) is 6.17. The zero-order valence-electron chi connectivity index (χ0n) is 29.4. The SMILES string of the molecule is COc1ccc(C2CCN(C(=O)N3CCC(Nc4ccc(CCNC[C@H](O)COc5ccc(O)cc5)cc4)CC3)CC2)cc1OC1CCCC1. The van der Waals surface area contributed by atoms with Crippen molar-refractivity contribution in [3.05, 3.63) is 77.9 Å². The van der Waals surface area contributed by atoms with Gasteiger partial charge in [-0.05, 0) is 130 Å². The molecule has 1 atom stereocenters. The van der Waals surface area contributed by atoms with E-state index in [1.54, 1.807) is 31.4 Å². The number of urea groups is 1. The third-order valence-electron chi connectivity index (χ3n) is 10.4. The molecule has 0 bridgehead atoms. The fourth-order valence-corrected chi connectivity index (χ4v) is 7.34. The Balaban J connectivity index is 0.865. The van der Waals surface area contributed by atoms with Crippen LogP contribution in [0, 0.1) is 0 Å². The highest BCUT2D eigenvalue weighted by Crippen LogP contribution is 2.37. The number of carbonyl (C=O) groups excluding carboxylic acids is 1. The van der Waals surface area contributed by atoms with Crippen molar-refractivity contribution < 1.29 is 29.2 Å². The van der Waals surface area contributed by atoms with E-state index in [4.69, 9.17) is 14.2 Å². The summed E-state index contributed by atoms with van der Waals surface area (Å²) >= 11 is 0. The quantitative estimate of drug-likeness (QED) is 0.149. The number of aromatic hydroxyl groups is 1. The van der Waals surface area contributed by atoms with E-state index in [1.165, 1.54) is 24.0 Å². The first-order valence-electron chi connectivity index (χ1n) is 18.5. The number of nitrogens with zero attached hydrogens (tertiary/aromatic N) is 2. The number of phenols is 1. The van der Waals surface area contributed by atoms with Gasteiger partial charge >= 0.3 is 6.03 Å². The zero-order chi connectivity index (χ0) is 34.7. The molecule has 3 fully saturated rings. The second kappa shape index (κ2) is 17.7. The summed E-state index contributed by atoms with van der Waals surface area (Å²) in [6, 6.07) is 21.9. The Labute approximate surface area is 296 Å². The van der Waals surface area contributed by atoms with Crippen LogP contribution in [0.2, 0.25) is 0 Å². The lowest BCUT2D eigenvalue weighted by Crippen LogP contribution is -2.50. The van der Waals surface area contributed by atoms with Gasteiger partial charge in [-0.1, -0.05) is 18.2 Å². The van der Waals surface area contributed by atoms with Crippen LogP contribution in [0.4, 0.5) is 10.5 Å². The maximum Gasteiger partial charge on any atom is 0.320 e. The standard InChI is InChI=1S/C40H54N4O6/c1-48-38-15-8-31(26-39(38)50-37-4-2-3-5-37)30-17-22-43(23-18-30)40(47)44-24-19-33(20-25-44)42-32-9-6-29(7-10-32)16-21-41-27-35(46)28-49-36-13-11-34(45)12-14-36/h6-15,26,30,33,35,37,41-42,45-46H,2-5,16-25,27-28H2,1H3/t35-/m0/s1. The number of phenolic OH excluding ortho intramolecular Hbond substituents is 1.